The maximum absolute atomic E-state index is 9.11. The highest BCUT2D eigenvalue weighted by Gasteiger charge is 2.22. The smallest absolute Gasteiger partial charge is 0.0580 e. The van der Waals surface area contributed by atoms with E-state index >= 15 is 0 Å². The highest BCUT2D eigenvalue weighted by atomic mass is 16.3. The van der Waals surface area contributed by atoms with Gasteiger partial charge in [0.15, 0.2) is 0 Å². The van der Waals surface area contributed by atoms with Gasteiger partial charge in [0, 0.05) is 0 Å². The summed E-state index contributed by atoms with van der Waals surface area (Å²) in [4.78, 5) is 0. The summed E-state index contributed by atoms with van der Waals surface area (Å²) in [7, 11) is 0. The van der Waals surface area contributed by atoms with Crippen LogP contribution in [0.2, 0.25) is 0 Å². The molecule has 3 N–H and O–H groups in total. The van der Waals surface area contributed by atoms with E-state index in [2.05, 4.69) is 0 Å². The van der Waals surface area contributed by atoms with Gasteiger partial charge in [-0.15, -0.1) is 0 Å². The SMILES string of the molecule is NC[C@H]1CCC[C@H]1O. The van der Waals surface area contributed by atoms with E-state index in [1.807, 2.05) is 0 Å². The number of hydrogen-bond acceptors (Lipinski definition) is 2. The molecule has 0 bridgehead atoms. The molecule has 1 saturated carbocycles. The Balaban J connectivity index is 2.30. The lowest BCUT2D eigenvalue weighted by atomic mass is 10.1. The molecule has 2 atom stereocenters. The van der Waals surface area contributed by atoms with Crippen molar-refractivity contribution in [3.63, 3.8) is 0 Å². The Morgan fingerprint density at radius 2 is 2.25 bits per heavy atom. The molecule has 0 spiro atoms. The lowest BCUT2D eigenvalue weighted by Gasteiger charge is -2.09. The number of rotatable bonds is 1. The first-order chi connectivity index (χ1) is 3.84. The highest BCUT2D eigenvalue weighted by molar-refractivity contribution is 4.76. The molecule has 8 heavy (non-hydrogen) atoms. The van der Waals surface area contributed by atoms with Gasteiger partial charge >= 0.3 is 0 Å². The minimum atomic E-state index is -0.0972. The van der Waals surface area contributed by atoms with Crippen molar-refractivity contribution < 1.29 is 5.11 Å². The molecule has 0 saturated heterocycles. The van der Waals surface area contributed by atoms with Crippen LogP contribution >= 0.6 is 0 Å². The fourth-order valence-corrected chi connectivity index (χ4v) is 1.29. The van der Waals surface area contributed by atoms with E-state index in [-0.39, 0.29) is 6.10 Å². The van der Waals surface area contributed by atoms with Crippen LogP contribution in [0, 0.1) is 5.92 Å². The molecular formula is C6H13NO. The van der Waals surface area contributed by atoms with Crippen LogP contribution in [0.15, 0.2) is 0 Å². The average molecular weight is 115 g/mol. The lowest BCUT2D eigenvalue weighted by molar-refractivity contribution is 0.136. The summed E-state index contributed by atoms with van der Waals surface area (Å²) in [6.45, 7) is 0.654. The molecule has 0 aromatic heterocycles. The van der Waals surface area contributed by atoms with Crippen molar-refractivity contribution in [2.75, 3.05) is 6.54 Å². The Morgan fingerprint density at radius 3 is 2.50 bits per heavy atom. The highest BCUT2D eigenvalue weighted by Crippen LogP contribution is 2.23. The Labute approximate surface area is 49.7 Å². The molecule has 1 rings (SSSR count). The van der Waals surface area contributed by atoms with Gasteiger partial charge in [-0.3, -0.25) is 0 Å². The Morgan fingerprint density at radius 1 is 1.50 bits per heavy atom. The Hall–Kier alpha value is -0.0800. The van der Waals surface area contributed by atoms with Gasteiger partial charge < -0.3 is 10.8 Å². The van der Waals surface area contributed by atoms with Crippen LogP contribution in [-0.4, -0.2) is 17.8 Å². The molecule has 1 fully saturated rings. The topological polar surface area (TPSA) is 46.2 Å². The summed E-state index contributed by atoms with van der Waals surface area (Å²) < 4.78 is 0. The number of aliphatic hydroxyl groups excluding tert-OH is 1. The second-order valence-electron chi connectivity index (χ2n) is 2.49. The zero-order valence-electron chi connectivity index (χ0n) is 5.01. The molecular weight excluding hydrogens is 102 g/mol. The first kappa shape index (κ1) is 6.05. The van der Waals surface area contributed by atoms with E-state index in [1.54, 1.807) is 0 Å². The predicted molar refractivity (Wildman–Crippen MR) is 32.4 cm³/mol. The quantitative estimate of drug-likeness (QED) is 0.509. The van der Waals surface area contributed by atoms with Crippen LogP contribution in [-0.2, 0) is 0 Å². The van der Waals surface area contributed by atoms with Gasteiger partial charge in [-0.2, -0.15) is 0 Å². The lowest BCUT2D eigenvalue weighted by Crippen LogP contribution is -2.21. The molecule has 0 heterocycles. The minimum Gasteiger partial charge on any atom is -0.393 e. The first-order valence-corrected chi connectivity index (χ1v) is 3.22. The van der Waals surface area contributed by atoms with E-state index in [0.717, 1.165) is 19.3 Å². The third kappa shape index (κ3) is 1.01. The maximum atomic E-state index is 9.11. The van der Waals surface area contributed by atoms with Gasteiger partial charge in [0.1, 0.15) is 0 Å². The molecule has 48 valence electrons. The predicted octanol–water partition coefficient (Wildman–Crippen LogP) is 0.106. The summed E-state index contributed by atoms with van der Waals surface area (Å²) in [6.07, 6.45) is 3.14. The van der Waals surface area contributed by atoms with Crippen molar-refractivity contribution >= 4 is 0 Å². The van der Waals surface area contributed by atoms with Crippen LogP contribution < -0.4 is 5.73 Å². The van der Waals surface area contributed by atoms with Crippen LogP contribution in [0.5, 0.6) is 0 Å². The summed E-state index contributed by atoms with van der Waals surface area (Å²) in [6, 6.07) is 0. The molecule has 0 radical (unpaired) electrons. The normalized spacial score (nSPS) is 38.2. The molecule has 0 aromatic carbocycles. The van der Waals surface area contributed by atoms with Crippen LogP contribution in [0.1, 0.15) is 19.3 Å². The molecule has 2 heteroatoms. The van der Waals surface area contributed by atoms with Crippen molar-refractivity contribution in [3.05, 3.63) is 0 Å². The molecule has 0 unspecified atom stereocenters. The van der Waals surface area contributed by atoms with Gasteiger partial charge in [0.05, 0.1) is 6.10 Å². The Bertz CT molecular complexity index is 74.9. The second kappa shape index (κ2) is 2.46. The monoisotopic (exact) mass is 115 g/mol. The first-order valence-electron chi connectivity index (χ1n) is 3.22. The Kier molecular flexibility index (Phi) is 1.86. The fraction of sp³-hybridized carbons (Fsp3) is 1.00. The number of hydrogen-bond donors (Lipinski definition) is 2. The molecule has 0 amide bonds. The molecule has 1 aliphatic carbocycles. The second-order valence-corrected chi connectivity index (χ2v) is 2.49. The summed E-state index contributed by atoms with van der Waals surface area (Å²) in [5.74, 6) is 0.398. The van der Waals surface area contributed by atoms with E-state index in [9.17, 15) is 0 Å². The van der Waals surface area contributed by atoms with E-state index in [4.69, 9.17) is 10.8 Å². The summed E-state index contributed by atoms with van der Waals surface area (Å²) in [5, 5.41) is 9.11. The molecule has 2 nitrogen and oxygen atoms in total. The standard InChI is InChI=1S/C6H13NO/c7-4-5-2-1-3-6(5)8/h5-6,8H,1-4,7H2/t5-,6-/m1/s1. The fourth-order valence-electron chi connectivity index (χ4n) is 1.29. The third-order valence-corrected chi connectivity index (χ3v) is 1.92. The largest absolute Gasteiger partial charge is 0.393 e. The van der Waals surface area contributed by atoms with E-state index in [1.165, 1.54) is 0 Å². The van der Waals surface area contributed by atoms with E-state index < -0.39 is 0 Å². The van der Waals surface area contributed by atoms with Gasteiger partial charge in [-0.05, 0) is 25.3 Å². The van der Waals surface area contributed by atoms with Crippen molar-refractivity contribution in [2.24, 2.45) is 11.7 Å². The van der Waals surface area contributed by atoms with Gasteiger partial charge in [-0.25, -0.2) is 0 Å². The average Bonchev–Trinajstić information content (AvgIpc) is 2.14. The van der Waals surface area contributed by atoms with Crippen molar-refractivity contribution in [2.45, 2.75) is 25.4 Å². The summed E-state index contributed by atoms with van der Waals surface area (Å²) in [5.41, 5.74) is 5.36. The van der Waals surface area contributed by atoms with Gasteiger partial charge in [0.25, 0.3) is 0 Å². The number of nitrogens with two attached hydrogens (primary N) is 1. The van der Waals surface area contributed by atoms with Crippen molar-refractivity contribution in [3.8, 4) is 0 Å². The maximum Gasteiger partial charge on any atom is 0.0580 e. The van der Waals surface area contributed by atoms with Crippen molar-refractivity contribution in [1.29, 1.82) is 0 Å². The molecule has 0 aromatic rings. The zero-order valence-corrected chi connectivity index (χ0v) is 5.01. The summed E-state index contributed by atoms with van der Waals surface area (Å²) >= 11 is 0. The van der Waals surface area contributed by atoms with Crippen LogP contribution in [0.4, 0.5) is 0 Å². The van der Waals surface area contributed by atoms with Gasteiger partial charge in [-0.1, -0.05) is 6.42 Å². The number of aliphatic hydroxyl groups is 1. The van der Waals surface area contributed by atoms with Gasteiger partial charge in [0.2, 0.25) is 0 Å². The molecule has 1 aliphatic rings. The molecule has 0 aliphatic heterocycles. The van der Waals surface area contributed by atoms with E-state index in [0.29, 0.717) is 12.5 Å². The van der Waals surface area contributed by atoms with Crippen LogP contribution in [0.25, 0.3) is 0 Å². The van der Waals surface area contributed by atoms with Crippen LogP contribution in [0.3, 0.4) is 0 Å². The third-order valence-electron chi connectivity index (χ3n) is 1.92. The zero-order chi connectivity index (χ0) is 5.98. The van der Waals surface area contributed by atoms with Crippen molar-refractivity contribution in [1.82, 2.24) is 0 Å². The minimum absolute atomic E-state index is 0.0972.